The lowest BCUT2D eigenvalue weighted by molar-refractivity contribution is 0.210. The number of halogens is 3. The molecule has 0 amide bonds. The summed E-state index contributed by atoms with van der Waals surface area (Å²) in [5.41, 5.74) is 0.253. The summed E-state index contributed by atoms with van der Waals surface area (Å²) in [6.45, 7) is 0.931. The summed E-state index contributed by atoms with van der Waals surface area (Å²) in [4.78, 5) is 0. The summed E-state index contributed by atoms with van der Waals surface area (Å²) >= 11 is 3.07. The van der Waals surface area contributed by atoms with E-state index in [0.29, 0.717) is 17.6 Å². The zero-order chi connectivity index (χ0) is 10.6. The Labute approximate surface area is 89.4 Å². The number of nitrogens with one attached hydrogen (secondary N) is 1. The van der Waals surface area contributed by atoms with E-state index in [1.54, 1.807) is 7.11 Å². The van der Waals surface area contributed by atoms with Gasteiger partial charge in [0, 0.05) is 24.2 Å². The second kappa shape index (κ2) is 5.26. The highest BCUT2D eigenvalue weighted by molar-refractivity contribution is 9.10. The van der Waals surface area contributed by atoms with Crippen molar-refractivity contribution >= 4 is 21.6 Å². The SMILES string of the molecule is COCCNc1c(F)cc(F)cc1Br. The lowest BCUT2D eigenvalue weighted by Crippen LogP contribution is -2.09. The van der Waals surface area contributed by atoms with Gasteiger partial charge < -0.3 is 10.1 Å². The van der Waals surface area contributed by atoms with Crippen molar-refractivity contribution in [3.8, 4) is 0 Å². The van der Waals surface area contributed by atoms with E-state index < -0.39 is 11.6 Å². The van der Waals surface area contributed by atoms with Crippen molar-refractivity contribution in [3.05, 3.63) is 28.2 Å². The largest absolute Gasteiger partial charge is 0.383 e. The summed E-state index contributed by atoms with van der Waals surface area (Å²) in [6.07, 6.45) is 0. The molecule has 0 spiro atoms. The van der Waals surface area contributed by atoms with Crippen molar-refractivity contribution in [1.82, 2.24) is 0 Å². The van der Waals surface area contributed by atoms with Gasteiger partial charge in [-0.25, -0.2) is 8.78 Å². The number of benzene rings is 1. The highest BCUT2D eigenvalue weighted by Gasteiger charge is 2.08. The average Bonchev–Trinajstić information content (AvgIpc) is 2.09. The molecule has 2 nitrogen and oxygen atoms in total. The standard InChI is InChI=1S/C9H10BrF2NO/c1-14-3-2-13-9-7(10)4-6(11)5-8(9)12/h4-5,13H,2-3H2,1H3. The summed E-state index contributed by atoms with van der Waals surface area (Å²) in [7, 11) is 1.55. The molecule has 0 unspecified atom stereocenters. The third kappa shape index (κ3) is 2.92. The number of ether oxygens (including phenoxy) is 1. The number of methoxy groups -OCH3 is 1. The Morgan fingerprint density at radius 3 is 2.71 bits per heavy atom. The quantitative estimate of drug-likeness (QED) is 0.846. The highest BCUT2D eigenvalue weighted by Crippen LogP contribution is 2.26. The molecule has 0 aliphatic carbocycles. The molecule has 0 saturated heterocycles. The monoisotopic (exact) mass is 265 g/mol. The molecule has 1 N–H and O–H groups in total. The second-order valence-corrected chi connectivity index (χ2v) is 3.52. The van der Waals surface area contributed by atoms with Gasteiger partial charge >= 0.3 is 0 Å². The summed E-state index contributed by atoms with van der Waals surface area (Å²) < 4.78 is 31.0. The molecule has 0 aromatic heterocycles. The van der Waals surface area contributed by atoms with E-state index in [1.165, 1.54) is 6.07 Å². The lowest BCUT2D eigenvalue weighted by atomic mass is 10.3. The summed E-state index contributed by atoms with van der Waals surface area (Å²) in [5, 5.41) is 2.80. The first-order chi connectivity index (χ1) is 6.65. The predicted octanol–water partition coefficient (Wildman–Crippen LogP) is 2.79. The number of rotatable bonds is 4. The zero-order valence-electron chi connectivity index (χ0n) is 7.61. The topological polar surface area (TPSA) is 21.3 Å². The number of hydrogen-bond acceptors (Lipinski definition) is 2. The Hall–Kier alpha value is -0.680. The van der Waals surface area contributed by atoms with Crippen LogP contribution in [0, 0.1) is 11.6 Å². The predicted molar refractivity (Wildman–Crippen MR) is 54.4 cm³/mol. The Bertz CT molecular complexity index is 297. The molecule has 0 bridgehead atoms. The van der Waals surface area contributed by atoms with Crippen LogP contribution in [0.5, 0.6) is 0 Å². The van der Waals surface area contributed by atoms with Crippen LogP contribution in [0.4, 0.5) is 14.5 Å². The van der Waals surface area contributed by atoms with E-state index in [1.807, 2.05) is 0 Å². The molecule has 0 fully saturated rings. The van der Waals surface area contributed by atoms with Crippen LogP contribution >= 0.6 is 15.9 Å². The van der Waals surface area contributed by atoms with E-state index >= 15 is 0 Å². The van der Waals surface area contributed by atoms with Crippen LogP contribution in [0.3, 0.4) is 0 Å². The zero-order valence-corrected chi connectivity index (χ0v) is 9.20. The molecule has 0 heterocycles. The Morgan fingerprint density at radius 1 is 1.43 bits per heavy atom. The Kier molecular flexibility index (Phi) is 4.28. The van der Waals surface area contributed by atoms with Gasteiger partial charge in [-0.05, 0) is 22.0 Å². The van der Waals surface area contributed by atoms with Crippen LogP contribution in [0.2, 0.25) is 0 Å². The molecule has 1 aromatic carbocycles. The van der Waals surface area contributed by atoms with Crippen molar-refractivity contribution < 1.29 is 13.5 Å². The van der Waals surface area contributed by atoms with Crippen molar-refractivity contribution in [1.29, 1.82) is 0 Å². The number of hydrogen-bond donors (Lipinski definition) is 1. The van der Waals surface area contributed by atoms with Gasteiger partial charge in [0.2, 0.25) is 0 Å². The third-order valence-electron chi connectivity index (χ3n) is 1.61. The van der Waals surface area contributed by atoms with Crippen molar-refractivity contribution in [2.45, 2.75) is 0 Å². The molecule has 78 valence electrons. The van der Waals surface area contributed by atoms with E-state index in [9.17, 15) is 8.78 Å². The molecule has 5 heteroatoms. The van der Waals surface area contributed by atoms with Crippen LogP contribution in [-0.4, -0.2) is 20.3 Å². The third-order valence-corrected chi connectivity index (χ3v) is 2.24. The molecular weight excluding hydrogens is 256 g/mol. The van der Waals surface area contributed by atoms with Gasteiger partial charge in [-0.1, -0.05) is 0 Å². The highest BCUT2D eigenvalue weighted by atomic mass is 79.9. The molecule has 1 rings (SSSR count). The van der Waals surface area contributed by atoms with Gasteiger partial charge in [0.25, 0.3) is 0 Å². The minimum atomic E-state index is -0.618. The second-order valence-electron chi connectivity index (χ2n) is 2.66. The molecule has 0 aliphatic rings. The summed E-state index contributed by atoms with van der Waals surface area (Å²) in [6, 6.07) is 2.04. The molecule has 0 aliphatic heterocycles. The van der Waals surface area contributed by atoms with Crippen LogP contribution in [-0.2, 0) is 4.74 Å². The first-order valence-electron chi connectivity index (χ1n) is 4.02. The Balaban J connectivity index is 2.75. The smallest absolute Gasteiger partial charge is 0.150 e. The van der Waals surface area contributed by atoms with Crippen molar-refractivity contribution in [2.75, 3.05) is 25.6 Å². The van der Waals surface area contributed by atoms with E-state index in [2.05, 4.69) is 21.2 Å². The van der Waals surface area contributed by atoms with Crippen LogP contribution < -0.4 is 5.32 Å². The van der Waals surface area contributed by atoms with E-state index in [4.69, 9.17) is 4.74 Å². The van der Waals surface area contributed by atoms with Crippen molar-refractivity contribution in [2.24, 2.45) is 0 Å². The fourth-order valence-corrected chi connectivity index (χ4v) is 1.54. The molecule has 1 aromatic rings. The lowest BCUT2D eigenvalue weighted by Gasteiger charge is -2.09. The molecule has 0 saturated carbocycles. The fraction of sp³-hybridized carbons (Fsp3) is 0.333. The van der Waals surface area contributed by atoms with Gasteiger partial charge in [0.05, 0.1) is 12.3 Å². The van der Waals surface area contributed by atoms with Gasteiger partial charge in [-0.3, -0.25) is 0 Å². The maximum atomic E-state index is 13.2. The average molecular weight is 266 g/mol. The maximum absolute atomic E-state index is 13.2. The maximum Gasteiger partial charge on any atom is 0.150 e. The molecule has 0 radical (unpaired) electrons. The molecular formula is C9H10BrF2NO. The minimum Gasteiger partial charge on any atom is -0.383 e. The minimum absolute atomic E-state index is 0.253. The van der Waals surface area contributed by atoms with Crippen LogP contribution in [0.15, 0.2) is 16.6 Å². The van der Waals surface area contributed by atoms with E-state index in [-0.39, 0.29) is 5.69 Å². The van der Waals surface area contributed by atoms with E-state index in [0.717, 1.165) is 6.07 Å². The van der Waals surface area contributed by atoms with Gasteiger partial charge in [0.1, 0.15) is 11.6 Å². The van der Waals surface area contributed by atoms with Gasteiger partial charge in [-0.15, -0.1) is 0 Å². The molecule has 14 heavy (non-hydrogen) atoms. The first kappa shape index (κ1) is 11.4. The number of anilines is 1. The first-order valence-corrected chi connectivity index (χ1v) is 4.82. The summed E-state index contributed by atoms with van der Waals surface area (Å²) in [5.74, 6) is -1.22. The van der Waals surface area contributed by atoms with Crippen LogP contribution in [0.1, 0.15) is 0 Å². The van der Waals surface area contributed by atoms with Crippen molar-refractivity contribution in [3.63, 3.8) is 0 Å². The van der Waals surface area contributed by atoms with Gasteiger partial charge in [-0.2, -0.15) is 0 Å². The van der Waals surface area contributed by atoms with Crippen LogP contribution in [0.25, 0.3) is 0 Å². The van der Waals surface area contributed by atoms with Gasteiger partial charge in [0.15, 0.2) is 0 Å². The fourth-order valence-electron chi connectivity index (χ4n) is 0.989. The Morgan fingerprint density at radius 2 is 2.14 bits per heavy atom. The normalized spacial score (nSPS) is 10.3. The molecule has 0 atom stereocenters.